The van der Waals surface area contributed by atoms with E-state index in [-0.39, 0.29) is 29.0 Å². The minimum Gasteiger partial charge on any atom is -0.477 e. The molecule has 22 heavy (non-hydrogen) atoms. The van der Waals surface area contributed by atoms with E-state index in [1.807, 2.05) is 0 Å². The predicted octanol–water partition coefficient (Wildman–Crippen LogP) is 5.37. The molecule has 0 unspecified atom stereocenters. The number of halogens is 4. The fourth-order valence-corrected chi connectivity index (χ4v) is 5.49. The molecule has 0 amide bonds. The normalized spacial score (nSPS) is 33.2. The Hall–Kier alpha value is 1.25. The second-order valence-electron chi connectivity index (χ2n) is 7.57. The Labute approximate surface area is 162 Å². The van der Waals surface area contributed by atoms with Crippen LogP contribution >= 0.6 is 57.4 Å². The number of alkyl halides is 4. The standard InChI is InChI=1S/C14H23Cl3INO2Si/c1-13(2,3)22(4,5)21-10-6-9(18)11-8(10)7-20-12(19-11)14(15,16)17/h8-11H,6-7H2,1-5H3/t8-,9-,10-,11-/m0/s1. The van der Waals surface area contributed by atoms with E-state index in [0.29, 0.717) is 10.5 Å². The first-order chi connectivity index (χ1) is 9.83. The summed E-state index contributed by atoms with van der Waals surface area (Å²) < 4.78 is 11.0. The molecule has 0 bridgehead atoms. The molecule has 1 aliphatic carbocycles. The molecule has 2 rings (SSSR count). The molecule has 1 fully saturated rings. The van der Waals surface area contributed by atoms with Crippen LogP contribution in [0.15, 0.2) is 4.99 Å². The monoisotopic (exact) mass is 497 g/mol. The summed E-state index contributed by atoms with van der Waals surface area (Å²) in [6, 6.07) is 0.106. The highest BCUT2D eigenvalue weighted by Gasteiger charge is 2.51. The lowest BCUT2D eigenvalue weighted by Crippen LogP contribution is -2.47. The third-order valence-corrected chi connectivity index (χ3v) is 11.2. The van der Waals surface area contributed by atoms with E-state index in [4.69, 9.17) is 44.0 Å². The van der Waals surface area contributed by atoms with Gasteiger partial charge >= 0.3 is 0 Å². The highest BCUT2D eigenvalue weighted by molar-refractivity contribution is 14.1. The Kier molecular flexibility index (Phi) is 5.80. The van der Waals surface area contributed by atoms with Gasteiger partial charge in [-0.3, -0.25) is 0 Å². The fourth-order valence-electron chi connectivity index (χ4n) is 2.60. The van der Waals surface area contributed by atoms with Crippen molar-refractivity contribution in [1.82, 2.24) is 0 Å². The number of fused-ring (bicyclic) bond motifs is 1. The van der Waals surface area contributed by atoms with Crippen LogP contribution in [-0.4, -0.2) is 40.7 Å². The maximum absolute atomic E-state index is 6.61. The zero-order valence-electron chi connectivity index (χ0n) is 13.5. The zero-order chi connectivity index (χ0) is 16.9. The van der Waals surface area contributed by atoms with Crippen LogP contribution in [0.5, 0.6) is 0 Å². The minimum absolute atomic E-state index is 0.106. The van der Waals surface area contributed by atoms with Crippen LogP contribution in [0.25, 0.3) is 0 Å². The molecule has 1 aliphatic heterocycles. The Morgan fingerprint density at radius 1 is 1.27 bits per heavy atom. The van der Waals surface area contributed by atoms with Gasteiger partial charge in [0.05, 0.1) is 18.8 Å². The van der Waals surface area contributed by atoms with Gasteiger partial charge in [0, 0.05) is 9.84 Å². The average Bonchev–Trinajstić information content (AvgIpc) is 2.63. The van der Waals surface area contributed by atoms with E-state index >= 15 is 0 Å². The largest absolute Gasteiger partial charge is 0.477 e. The third-order valence-electron chi connectivity index (χ3n) is 4.92. The van der Waals surface area contributed by atoms with E-state index in [2.05, 4.69) is 61.4 Å². The molecule has 0 aromatic rings. The maximum Gasteiger partial charge on any atom is 0.266 e. The first-order valence-electron chi connectivity index (χ1n) is 7.42. The number of hydrogen-bond acceptors (Lipinski definition) is 3. The Bertz CT molecular complexity index is 462. The van der Waals surface area contributed by atoms with E-state index in [0.717, 1.165) is 6.42 Å². The van der Waals surface area contributed by atoms with Gasteiger partial charge in [0.15, 0.2) is 8.32 Å². The number of ether oxygens (including phenoxy) is 1. The van der Waals surface area contributed by atoms with Gasteiger partial charge in [-0.2, -0.15) is 0 Å². The van der Waals surface area contributed by atoms with Crippen molar-refractivity contribution in [2.24, 2.45) is 10.9 Å². The maximum atomic E-state index is 6.61. The second-order valence-corrected chi connectivity index (χ2v) is 16.2. The summed E-state index contributed by atoms with van der Waals surface area (Å²) in [7, 11) is -1.82. The topological polar surface area (TPSA) is 30.8 Å². The van der Waals surface area contributed by atoms with Gasteiger partial charge in [-0.1, -0.05) is 78.2 Å². The molecule has 0 N–H and O–H groups in total. The lowest BCUT2D eigenvalue weighted by molar-refractivity contribution is 0.0860. The van der Waals surface area contributed by atoms with Crippen molar-refractivity contribution >= 4 is 71.6 Å². The molecule has 0 aromatic carbocycles. The summed E-state index contributed by atoms with van der Waals surface area (Å²) in [4.78, 5) is 4.57. The molecule has 1 saturated carbocycles. The van der Waals surface area contributed by atoms with Gasteiger partial charge < -0.3 is 9.16 Å². The van der Waals surface area contributed by atoms with Crippen molar-refractivity contribution in [2.45, 2.75) is 65.2 Å². The first kappa shape index (κ1) is 19.6. The minimum atomic E-state index is -1.82. The number of rotatable bonds is 2. The van der Waals surface area contributed by atoms with Crippen molar-refractivity contribution in [1.29, 1.82) is 0 Å². The number of aliphatic imine (C=N–C) groups is 1. The van der Waals surface area contributed by atoms with Crippen molar-refractivity contribution in [3.63, 3.8) is 0 Å². The summed E-state index contributed by atoms with van der Waals surface area (Å²) in [5.41, 5.74) is 0. The van der Waals surface area contributed by atoms with Crippen molar-refractivity contribution in [2.75, 3.05) is 6.61 Å². The van der Waals surface area contributed by atoms with E-state index < -0.39 is 12.1 Å². The van der Waals surface area contributed by atoms with Crippen LogP contribution in [0, 0.1) is 5.92 Å². The van der Waals surface area contributed by atoms with Crippen LogP contribution in [0.3, 0.4) is 0 Å². The molecule has 4 atom stereocenters. The van der Waals surface area contributed by atoms with Gasteiger partial charge in [-0.25, -0.2) is 4.99 Å². The van der Waals surface area contributed by atoms with E-state index in [1.165, 1.54) is 0 Å². The second kappa shape index (κ2) is 6.52. The summed E-state index contributed by atoms with van der Waals surface area (Å²) >= 11 is 20.1. The van der Waals surface area contributed by atoms with Crippen molar-refractivity contribution in [3.05, 3.63) is 0 Å². The summed E-state index contributed by atoms with van der Waals surface area (Å²) in [5.74, 6) is 0.459. The summed E-state index contributed by atoms with van der Waals surface area (Å²) in [5, 5.41) is 0.188. The van der Waals surface area contributed by atoms with Crippen molar-refractivity contribution < 1.29 is 9.16 Å². The van der Waals surface area contributed by atoms with Gasteiger partial charge in [0.1, 0.15) is 0 Å². The quantitative estimate of drug-likeness (QED) is 0.291. The highest BCUT2D eigenvalue weighted by Crippen LogP contribution is 2.45. The Balaban J connectivity index is 2.16. The van der Waals surface area contributed by atoms with E-state index in [9.17, 15) is 0 Å². The fraction of sp³-hybridized carbons (Fsp3) is 0.929. The Morgan fingerprint density at radius 2 is 1.86 bits per heavy atom. The van der Waals surface area contributed by atoms with Gasteiger partial charge in [0.2, 0.25) is 5.90 Å². The summed E-state index contributed by atoms with van der Waals surface area (Å²) in [6.07, 6.45) is 1.15. The van der Waals surface area contributed by atoms with Gasteiger partial charge in [-0.15, -0.1) is 0 Å². The Morgan fingerprint density at radius 3 is 2.36 bits per heavy atom. The first-order valence-corrected chi connectivity index (χ1v) is 12.7. The molecule has 128 valence electrons. The molecule has 0 saturated heterocycles. The number of hydrogen-bond donors (Lipinski definition) is 0. The number of nitrogens with zero attached hydrogens (tertiary/aromatic N) is 1. The molecule has 3 nitrogen and oxygen atoms in total. The summed E-state index contributed by atoms with van der Waals surface area (Å²) in [6.45, 7) is 11.8. The van der Waals surface area contributed by atoms with Crippen LogP contribution in [0.4, 0.5) is 0 Å². The molecular formula is C14H23Cl3INO2Si. The average molecular weight is 499 g/mol. The van der Waals surface area contributed by atoms with Gasteiger partial charge in [-0.05, 0) is 24.6 Å². The lowest BCUT2D eigenvalue weighted by Gasteiger charge is -2.40. The van der Waals surface area contributed by atoms with Crippen LogP contribution in [0.2, 0.25) is 18.1 Å². The zero-order valence-corrected chi connectivity index (χ0v) is 18.9. The highest BCUT2D eigenvalue weighted by atomic mass is 127. The molecule has 8 heteroatoms. The SMILES string of the molecule is CC(C)(C)[Si](C)(C)O[C@H]1C[C@H](I)[C@H]2N=C(C(Cl)(Cl)Cl)OC[C@H]21. The molecular weight excluding hydrogens is 476 g/mol. The van der Waals surface area contributed by atoms with Crippen LogP contribution in [0.1, 0.15) is 27.2 Å². The smallest absolute Gasteiger partial charge is 0.266 e. The third kappa shape index (κ3) is 4.07. The van der Waals surface area contributed by atoms with Crippen LogP contribution in [-0.2, 0) is 9.16 Å². The predicted molar refractivity (Wildman–Crippen MR) is 105 cm³/mol. The van der Waals surface area contributed by atoms with Gasteiger partial charge in [0.25, 0.3) is 3.79 Å². The molecule has 2 aliphatic rings. The van der Waals surface area contributed by atoms with Crippen LogP contribution < -0.4 is 0 Å². The van der Waals surface area contributed by atoms with Crippen molar-refractivity contribution in [3.8, 4) is 0 Å². The molecule has 0 radical (unpaired) electrons. The lowest BCUT2D eigenvalue weighted by atomic mass is 10.0. The van der Waals surface area contributed by atoms with E-state index in [1.54, 1.807) is 0 Å². The molecule has 0 spiro atoms. The molecule has 0 aromatic heterocycles. The molecule has 1 heterocycles.